The molecule has 0 bridgehead atoms. The highest BCUT2D eigenvalue weighted by Gasteiger charge is 2.34. The minimum absolute atomic E-state index is 0.0301. The molecule has 1 aliphatic heterocycles. The van der Waals surface area contributed by atoms with Gasteiger partial charge in [0.25, 0.3) is 6.43 Å². The molecule has 0 aromatic rings. The van der Waals surface area contributed by atoms with Gasteiger partial charge in [-0.1, -0.05) is 0 Å². The average molecular weight is 182 g/mol. The second-order valence-electron chi connectivity index (χ2n) is 3.81. The van der Waals surface area contributed by atoms with Crippen LogP contribution in [-0.2, 0) is 0 Å². The molecule has 1 atom stereocenters. The number of alkyl halides is 3. The Morgan fingerprint density at radius 1 is 1.17 bits per heavy atom. The van der Waals surface area contributed by atoms with E-state index >= 15 is 0 Å². The Labute approximate surface area is 70.8 Å². The van der Waals surface area contributed by atoms with Crippen LogP contribution in [0.25, 0.3) is 0 Å². The molecule has 0 aromatic carbocycles. The second kappa shape index (κ2) is 3.64. The first-order chi connectivity index (χ1) is 5.53. The second-order valence-corrected chi connectivity index (χ2v) is 3.81. The third-order valence-electron chi connectivity index (χ3n) is 2.53. The molecule has 1 nitrogen and oxygen atoms in total. The number of nitrogens with zero attached hydrogens (tertiary/aromatic N) is 1. The predicted octanol–water partition coefficient (Wildman–Crippen LogP) is 1.83. The smallest absolute Gasteiger partial charge is 0.274 e. The minimum atomic E-state index is -2.82. The fraction of sp³-hybridized carbons (Fsp3) is 1.00. The van der Waals surface area contributed by atoms with Crippen molar-refractivity contribution in [3.05, 3.63) is 0 Å². The van der Waals surface area contributed by atoms with Crippen LogP contribution >= 0.6 is 0 Å². The maximum Gasteiger partial charge on any atom is 0.274 e. The highest BCUT2D eigenvalue weighted by atomic mass is 19.3. The Hall–Kier alpha value is -0.250. The molecule has 12 heavy (non-hydrogen) atoms. The summed E-state index contributed by atoms with van der Waals surface area (Å²) in [6.45, 7) is 1.65. The molecular formula is C8H15F3N+. The lowest BCUT2D eigenvalue weighted by Gasteiger charge is -2.30. The summed E-state index contributed by atoms with van der Waals surface area (Å²) in [6, 6.07) is 0. The zero-order chi connectivity index (χ0) is 9.19. The first kappa shape index (κ1) is 9.84. The van der Waals surface area contributed by atoms with Crippen molar-refractivity contribution in [2.45, 2.75) is 25.4 Å². The van der Waals surface area contributed by atoms with Gasteiger partial charge in [-0.25, -0.2) is 13.2 Å². The SMILES string of the molecule is C[N+]1(CC(F)C(F)F)CCCC1. The average Bonchev–Trinajstić information content (AvgIpc) is 2.35. The van der Waals surface area contributed by atoms with Crippen LogP contribution in [0, 0.1) is 0 Å². The van der Waals surface area contributed by atoms with Gasteiger partial charge in [0.1, 0.15) is 6.54 Å². The van der Waals surface area contributed by atoms with Gasteiger partial charge >= 0.3 is 0 Å². The number of halogens is 3. The monoisotopic (exact) mass is 182 g/mol. The Kier molecular flexibility index (Phi) is 2.99. The molecule has 1 unspecified atom stereocenters. The Morgan fingerprint density at radius 3 is 2.08 bits per heavy atom. The number of likely N-dealkylation sites (tertiary alicyclic amines) is 1. The summed E-state index contributed by atoms with van der Waals surface area (Å²) in [5, 5.41) is 0. The molecule has 1 saturated heterocycles. The molecule has 0 aromatic heterocycles. The van der Waals surface area contributed by atoms with E-state index in [2.05, 4.69) is 0 Å². The summed E-state index contributed by atoms with van der Waals surface area (Å²) in [6.07, 6.45) is -2.70. The van der Waals surface area contributed by atoms with Crippen LogP contribution in [0.15, 0.2) is 0 Å². The first-order valence-electron chi connectivity index (χ1n) is 4.29. The molecule has 0 saturated carbocycles. The van der Waals surface area contributed by atoms with E-state index in [-0.39, 0.29) is 6.54 Å². The van der Waals surface area contributed by atoms with Crippen molar-refractivity contribution in [1.29, 1.82) is 0 Å². The summed E-state index contributed by atoms with van der Waals surface area (Å²) >= 11 is 0. The van der Waals surface area contributed by atoms with Crippen molar-refractivity contribution in [2.75, 3.05) is 26.7 Å². The van der Waals surface area contributed by atoms with Gasteiger partial charge in [-0.15, -0.1) is 0 Å². The number of hydrogen-bond donors (Lipinski definition) is 0. The van der Waals surface area contributed by atoms with Gasteiger partial charge in [0.15, 0.2) is 0 Å². The van der Waals surface area contributed by atoms with Crippen molar-refractivity contribution >= 4 is 0 Å². The van der Waals surface area contributed by atoms with Gasteiger partial charge in [-0.3, -0.25) is 0 Å². The normalized spacial score (nSPS) is 24.8. The van der Waals surface area contributed by atoms with Gasteiger partial charge in [-0.05, 0) is 0 Å². The third-order valence-corrected chi connectivity index (χ3v) is 2.53. The van der Waals surface area contributed by atoms with E-state index in [1.54, 1.807) is 0 Å². The Morgan fingerprint density at radius 2 is 1.67 bits per heavy atom. The van der Waals surface area contributed by atoms with Gasteiger partial charge < -0.3 is 4.48 Å². The van der Waals surface area contributed by atoms with Crippen molar-refractivity contribution in [3.8, 4) is 0 Å². The summed E-state index contributed by atoms with van der Waals surface area (Å²) in [7, 11) is 1.85. The highest BCUT2D eigenvalue weighted by Crippen LogP contribution is 2.19. The topological polar surface area (TPSA) is 0 Å². The fourth-order valence-electron chi connectivity index (χ4n) is 1.78. The molecule has 1 fully saturated rings. The molecular weight excluding hydrogens is 167 g/mol. The molecule has 72 valence electrons. The summed E-state index contributed by atoms with van der Waals surface area (Å²) in [4.78, 5) is 0. The minimum Gasteiger partial charge on any atom is -0.323 e. The van der Waals surface area contributed by atoms with Crippen LogP contribution in [0.2, 0.25) is 0 Å². The summed E-state index contributed by atoms with van der Waals surface area (Å²) < 4.78 is 36.9. The van der Waals surface area contributed by atoms with Crippen LogP contribution in [0.3, 0.4) is 0 Å². The van der Waals surface area contributed by atoms with Crippen LogP contribution in [-0.4, -0.2) is 43.8 Å². The van der Waals surface area contributed by atoms with Crippen molar-refractivity contribution < 1.29 is 17.7 Å². The molecule has 0 amide bonds. The van der Waals surface area contributed by atoms with E-state index in [9.17, 15) is 13.2 Å². The van der Waals surface area contributed by atoms with Gasteiger partial charge in [0.2, 0.25) is 6.17 Å². The lowest BCUT2D eigenvalue weighted by atomic mass is 10.3. The van der Waals surface area contributed by atoms with Crippen molar-refractivity contribution in [1.82, 2.24) is 0 Å². The fourth-order valence-corrected chi connectivity index (χ4v) is 1.78. The van der Waals surface area contributed by atoms with Gasteiger partial charge in [0, 0.05) is 12.8 Å². The van der Waals surface area contributed by atoms with Gasteiger partial charge in [0.05, 0.1) is 20.1 Å². The Bertz CT molecular complexity index is 143. The quantitative estimate of drug-likeness (QED) is 0.584. The van der Waals surface area contributed by atoms with E-state index in [4.69, 9.17) is 0 Å². The van der Waals surface area contributed by atoms with E-state index in [1.165, 1.54) is 0 Å². The van der Waals surface area contributed by atoms with Crippen LogP contribution < -0.4 is 0 Å². The van der Waals surface area contributed by atoms with Crippen LogP contribution in [0.1, 0.15) is 12.8 Å². The predicted molar refractivity (Wildman–Crippen MR) is 40.9 cm³/mol. The zero-order valence-corrected chi connectivity index (χ0v) is 7.27. The molecule has 0 aliphatic carbocycles. The van der Waals surface area contributed by atoms with Crippen LogP contribution in [0.5, 0.6) is 0 Å². The standard InChI is InChI=1S/C8H15F3N/c1-12(4-2-3-5-12)6-7(9)8(10)11/h7-8H,2-6H2,1H3/q+1. The molecule has 1 aliphatic rings. The maximum atomic E-state index is 12.7. The molecule has 4 heteroatoms. The number of quaternary nitrogens is 1. The number of rotatable bonds is 3. The molecule has 0 spiro atoms. The lowest BCUT2D eigenvalue weighted by molar-refractivity contribution is -0.900. The van der Waals surface area contributed by atoms with E-state index in [0.29, 0.717) is 4.48 Å². The zero-order valence-electron chi connectivity index (χ0n) is 7.27. The molecule has 1 rings (SSSR count). The van der Waals surface area contributed by atoms with Crippen LogP contribution in [0.4, 0.5) is 13.2 Å². The van der Waals surface area contributed by atoms with E-state index in [1.807, 2.05) is 7.05 Å². The number of hydrogen-bond acceptors (Lipinski definition) is 0. The highest BCUT2D eigenvalue weighted by molar-refractivity contribution is 4.60. The van der Waals surface area contributed by atoms with E-state index in [0.717, 1.165) is 25.9 Å². The van der Waals surface area contributed by atoms with Crippen molar-refractivity contribution in [2.24, 2.45) is 0 Å². The summed E-state index contributed by atoms with van der Waals surface area (Å²) in [5.41, 5.74) is 0. The molecule has 0 radical (unpaired) electrons. The lowest BCUT2D eigenvalue weighted by Crippen LogP contribution is -2.46. The van der Waals surface area contributed by atoms with E-state index < -0.39 is 12.6 Å². The molecule has 0 N–H and O–H groups in total. The van der Waals surface area contributed by atoms with Crippen molar-refractivity contribution in [3.63, 3.8) is 0 Å². The maximum absolute atomic E-state index is 12.7. The largest absolute Gasteiger partial charge is 0.323 e. The molecule has 1 heterocycles. The summed E-state index contributed by atoms with van der Waals surface area (Å²) in [5.74, 6) is 0. The third kappa shape index (κ3) is 2.37. The Balaban J connectivity index is 2.38. The first-order valence-corrected chi connectivity index (χ1v) is 4.29. The van der Waals surface area contributed by atoms with Gasteiger partial charge in [-0.2, -0.15) is 0 Å².